The summed E-state index contributed by atoms with van der Waals surface area (Å²) in [7, 11) is -0.535. The molecule has 2 aromatic carbocycles. The van der Waals surface area contributed by atoms with Gasteiger partial charge in [0.2, 0.25) is 12.1 Å². The summed E-state index contributed by atoms with van der Waals surface area (Å²) >= 11 is 0. The van der Waals surface area contributed by atoms with Crippen molar-refractivity contribution in [3.8, 4) is 23.4 Å². The van der Waals surface area contributed by atoms with Gasteiger partial charge in [-0.3, -0.25) is 9.69 Å². The van der Waals surface area contributed by atoms with Crippen molar-refractivity contribution in [3.05, 3.63) is 53.8 Å². The average molecular weight is 550 g/mol. The van der Waals surface area contributed by atoms with Crippen molar-refractivity contribution >= 4 is 22.7 Å². The van der Waals surface area contributed by atoms with Gasteiger partial charge in [-0.25, -0.2) is 9.18 Å². The lowest BCUT2D eigenvalue weighted by Crippen LogP contribution is -2.55. The first-order valence-corrected chi connectivity index (χ1v) is 14.5. The Kier molecular flexibility index (Phi) is 8.36. The molecule has 0 aromatic heterocycles. The fourth-order valence-corrected chi connectivity index (χ4v) is 6.12. The number of hydrogen-bond acceptors (Lipinski definition) is 6. The highest BCUT2D eigenvalue weighted by molar-refractivity contribution is 7.86. The van der Waals surface area contributed by atoms with Gasteiger partial charge in [0.15, 0.2) is 0 Å². The molecule has 1 saturated heterocycles. The number of carbonyl (C=O) groups excluding carboxylic acids is 2. The van der Waals surface area contributed by atoms with E-state index < -0.39 is 46.2 Å². The number of amides is 2. The van der Waals surface area contributed by atoms with Crippen LogP contribution < -0.4 is 5.32 Å². The summed E-state index contributed by atoms with van der Waals surface area (Å²) in [5, 5.41) is 21.2. The van der Waals surface area contributed by atoms with Crippen molar-refractivity contribution in [1.82, 2.24) is 10.2 Å². The number of nitrogens with one attached hydrogen (secondary N) is 1. The third-order valence-corrected chi connectivity index (χ3v) is 8.42. The number of fused-ring (bicyclic) bond motifs is 2. The maximum Gasteiger partial charge on any atom is 0.411 e. The molecule has 1 aliphatic carbocycles. The first-order chi connectivity index (χ1) is 18.5. The molecule has 1 heterocycles. The fourth-order valence-electron chi connectivity index (χ4n) is 5.36. The molecule has 1 unspecified atom stereocenters. The van der Waals surface area contributed by atoms with E-state index in [1.165, 1.54) is 11.0 Å². The minimum absolute atomic E-state index is 0.00512. The van der Waals surface area contributed by atoms with Crippen molar-refractivity contribution in [2.45, 2.75) is 75.1 Å². The van der Waals surface area contributed by atoms with E-state index in [0.717, 1.165) is 29.7 Å². The van der Waals surface area contributed by atoms with Crippen LogP contribution in [-0.4, -0.2) is 46.9 Å². The van der Waals surface area contributed by atoms with Crippen LogP contribution in [0, 0.1) is 34.5 Å². The molecule has 0 radical (unpaired) electrons. The standard InChI is InChI=1S/C29H32FN5O3S/c1-29(2,3)38-28(37)35-23-10-7-21(14-23)26(35)27(36)34-22(16-31)13-20-6-5-19(15-25(20)30)18-8-11-24(12-9-18)39(4)33-17-32/h5-6,8-9,11-12,15,21-23,26H,7,10,13-14H2,1-4H3,(H,34,36)/t21-,22-,23+,26-,39?/m0/s1. The molecule has 204 valence electrons. The number of likely N-dealkylation sites (tertiary alicyclic amines) is 1. The number of halogens is 1. The Bertz CT molecular complexity index is 1370. The Balaban J connectivity index is 1.44. The highest BCUT2D eigenvalue weighted by Gasteiger charge is 2.52. The van der Waals surface area contributed by atoms with Crippen LogP contribution in [0.1, 0.15) is 45.6 Å². The van der Waals surface area contributed by atoms with Crippen LogP contribution in [0.25, 0.3) is 11.1 Å². The fraction of sp³-hybridized carbons (Fsp3) is 0.448. The SMILES string of the molecule is C/S(=N/C#N)c1ccc(-c2ccc(C[C@@H](C#N)NC(=O)[C@@H]3[C@H]4CC[C@H](C4)N3C(=O)OC(C)(C)C)c(F)c2)cc1. The summed E-state index contributed by atoms with van der Waals surface area (Å²) < 4.78 is 24.5. The molecule has 8 nitrogen and oxygen atoms in total. The average Bonchev–Trinajstić information content (AvgIpc) is 3.51. The number of nitriles is 2. The second-order valence-corrected chi connectivity index (χ2v) is 12.6. The number of ether oxygens (including phenoxy) is 1. The second kappa shape index (κ2) is 11.5. The number of hydrogen-bond donors (Lipinski definition) is 1. The van der Waals surface area contributed by atoms with Crippen molar-refractivity contribution in [2.24, 2.45) is 10.3 Å². The minimum atomic E-state index is -0.955. The van der Waals surface area contributed by atoms with Gasteiger partial charge in [0.05, 0.1) is 6.07 Å². The molecule has 0 spiro atoms. The van der Waals surface area contributed by atoms with Crippen LogP contribution in [-0.2, 0) is 26.6 Å². The smallest absolute Gasteiger partial charge is 0.411 e. The largest absolute Gasteiger partial charge is 0.444 e. The molecular weight excluding hydrogens is 517 g/mol. The van der Waals surface area contributed by atoms with Crippen LogP contribution in [0.2, 0.25) is 0 Å². The van der Waals surface area contributed by atoms with E-state index >= 15 is 4.39 Å². The van der Waals surface area contributed by atoms with Gasteiger partial charge in [0, 0.05) is 17.4 Å². The Morgan fingerprint density at radius 2 is 1.87 bits per heavy atom. The number of carbonyl (C=O) groups is 2. The molecule has 2 aliphatic rings. The summed E-state index contributed by atoms with van der Waals surface area (Å²) in [6, 6.07) is 12.6. The van der Waals surface area contributed by atoms with Crippen LogP contribution in [0.5, 0.6) is 0 Å². The zero-order valence-corrected chi connectivity index (χ0v) is 23.3. The van der Waals surface area contributed by atoms with E-state index in [-0.39, 0.29) is 18.4 Å². The van der Waals surface area contributed by atoms with Crippen LogP contribution in [0.4, 0.5) is 9.18 Å². The van der Waals surface area contributed by atoms with E-state index in [1.54, 1.807) is 32.9 Å². The first kappa shape index (κ1) is 28.3. The highest BCUT2D eigenvalue weighted by Crippen LogP contribution is 2.43. The topological polar surface area (TPSA) is 119 Å². The van der Waals surface area contributed by atoms with E-state index in [9.17, 15) is 14.9 Å². The van der Waals surface area contributed by atoms with Gasteiger partial charge in [0.1, 0.15) is 23.5 Å². The van der Waals surface area contributed by atoms with Gasteiger partial charge in [-0.15, -0.1) is 4.36 Å². The maximum absolute atomic E-state index is 15.1. The molecule has 2 fully saturated rings. The monoisotopic (exact) mass is 549 g/mol. The Morgan fingerprint density at radius 1 is 1.18 bits per heavy atom. The van der Waals surface area contributed by atoms with Gasteiger partial charge in [-0.2, -0.15) is 10.5 Å². The molecule has 1 saturated carbocycles. The number of piperidine rings is 1. The van der Waals surface area contributed by atoms with Crippen molar-refractivity contribution in [3.63, 3.8) is 0 Å². The normalized spacial score (nSPS) is 21.6. The summed E-state index contributed by atoms with van der Waals surface area (Å²) in [5.74, 6) is -0.868. The zero-order chi connectivity index (χ0) is 28.3. The van der Waals surface area contributed by atoms with E-state index in [0.29, 0.717) is 11.1 Å². The Morgan fingerprint density at radius 3 is 2.49 bits per heavy atom. The van der Waals surface area contributed by atoms with E-state index in [4.69, 9.17) is 10.00 Å². The molecule has 2 amide bonds. The lowest BCUT2D eigenvalue weighted by Gasteiger charge is -2.35. The summed E-state index contributed by atoms with van der Waals surface area (Å²) in [4.78, 5) is 28.6. The van der Waals surface area contributed by atoms with Crippen LogP contribution in [0.15, 0.2) is 51.7 Å². The second-order valence-electron chi connectivity index (χ2n) is 11.0. The summed E-state index contributed by atoms with van der Waals surface area (Å²) in [5.41, 5.74) is 1.10. The van der Waals surface area contributed by atoms with Crippen molar-refractivity contribution in [1.29, 1.82) is 10.5 Å². The predicted molar refractivity (Wildman–Crippen MR) is 146 cm³/mol. The van der Waals surface area contributed by atoms with Gasteiger partial charge < -0.3 is 10.1 Å². The lowest BCUT2D eigenvalue weighted by molar-refractivity contribution is -0.128. The van der Waals surface area contributed by atoms with Gasteiger partial charge in [-0.05, 0) is 87.1 Å². The quantitative estimate of drug-likeness (QED) is 0.503. The van der Waals surface area contributed by atoms with Crippen LogP contribution in [0.3, 0.4) is 0 Å². The van der Waals surface area contributed by atoms with Crippen molar-refractivity contribution in [2.75, 3.05) is 6.26 Å². The summed E-state index contributed by atoms with van der Waals surface area (Å²) in [6.45, 7) is 5.34. The Labute approximate surface area is 230 Å². The van der Waals surface area contributed by atoms with Crippen LogP contribution >= 0.6 is 0 Å². The van der Waals surface area contributed by atoms with Gasteiger partial charge >= 0.3 is 6.09 Å². The molecule has 2 bridgehead atoms. The predicted octanol–water partition coefficient (Wildman–Crippen LogP) is 5.10. The Hall–Kier alpha value is -3.76. The van der Waals surface area contributed by atoms with E-state index in [2.05, 4.69) is 15.7 Å². The number of rotatable bonds is 6. The number of benzene rings is 2. The maximum atomic E-state index is 15.1. The molecule has 4 rings (SSSR count). The van der Waals surface area contributed by atoms with Gasteiger partial charge in [0.25, 0.3) is 0 Å². The molecule has 5 atom stereocenters. The zero-order valence-electron chi connectivity index (χ0n) is 22.5. The number of nitrogens with zero attached hydrogens (tertiary/aromatic N) is 4. The molecular formula is C29H32FN5O3S. The molecule has 2 aromatic rings. The molecule has 1 aliphatic heterocycles. The third kappa shape index (κ3) is 6.46. The van der Waals surface area contributed by atoms with E-state index in [1.807, 2.05) is 36.7 Å². The summed E-state index contributed by atoms with van der Waals surface area (Å²) in [6.07, 6.45) is 5.53. The third-order valence-electron chi connectivity index (χ3n) is 7.11. The molecule has 10 heteroatoms. The lowest BCUT2D eigenvalue weighted by atomic mass is 9.97. The van der Waals surface area contributed by atoms with Gasteiger partial charge in [-0.1, -0.05) is 35.0 Å². The molecule has 1 N–H and O–H groups in total. The molecule has 39 heavy (non-hydrogen) atoms. The van der Waals surface area contributed by atoms with Crippen molar-refractivity contribution < 1.29 is 18.7 Å². The minimum Gasteiger partial charge on any atom is -0.444 e. The highest BCUT2D eigenvalue weighted by atomic mass is 32.2. The first-order valence-electron chi connectivity index (χ1n) is 12.9.